The number of nitrogens with zero attached hydrogens (tertiary/aromatic N) is 1. The Morgan fingerprint density at radius 1 is 1.23 bits per heavy atom. The fourth-order valence-electron chi connectivity index (χ4n) is 3.38. The molecule has 0 saturated carbocycles. The molecule has 1 aliphatic rings. The van der Waals surface area contributed by atoms with Gasteiger partial charge in [0.2, 0.25) is 0 Å². The largest absolute Gasteiger partial charge is 0.480 e. The van der Waals surface area contributed by atoms with Crippen molar-refractivity contribution in [2.75, 3.05) is 13.1 Å². The van der Waals surface area contributed by atoms with Crippen LogP contribution in [0.3, 0.4) is 0 Å². The molecule has 1 aromatic carbocycles. The van der Waals surface area contributed by atoms with Crippen LogP contribution in [0.4, 0.5) is 9.59 Å². The average Bonchev–Trinajstić information content (AvgIpc) is 2.70. The summed E-state index contributed by atoms with van der Waals surface area (Å²) in [4.78, 5) is 38.0. The van der Waals surface area contributed by atoms with E-state index in [1.807, 2.05) is 18.2 Å². The quantitative estimate of drug-likeness (QED) is 0.684. The highest BCUT2D eigenvalue weighted by Gasteiger charge is 2.45. The molecule has 30 heavy (non-hydrogen) atoms. The second-order valence-electron chi connectivity index (χ2n) is 8.38. The van der Waals surface area contributed by atoms with Crippen molar-refractivity contribution >= 4 is 18.2 Å². The molecule has 2 amide bonds. The second-order valence-corrected chi connectivity index (χ2v) is 8.38. The van der Waals surface area contributed by atoms with Crippen molar-refractivity contribution in [2.45, 2.75) is 51.9 Å². The van der Waals surface area contributed by atoms with Gasteiger partial charge in [0.05, 0.1) is 0 Å². The molecule has 1 heterocycles. The summed E-state index contributed by atoms with van der Waals surface area (Å²) in [5.74, 6) is -1.18. The molecular formula is C22H30N2O6. The Labute approximate surface area is 176 Å². The van der Waals surface area contributed by atoms with Crippen LogP contribution in [0.2, 0.25) is 0 Å². The maximum Gasteiger partial charge on any atom is 0.410 e. The fraction of sp³-hybridized carbons (Fsp3) is 0.500. The first kappa shape index (κ1) is 23.3. The summed E-state index contributed by atoms with van der Waals surface area (Å²) < 4.78 is 10.6. The molecule has 8 heteroatoms. The Morgan fingerprint density at radius 2 is 1.83 bits per heavy atom. The fourth-order valence-corrected chi connectivity index (χ4v) is 3.38. The smallest absolute Gasteiger partial charge is 0.410 e. The molecule has 1 saturated heterocycles. The van der Waals surface area contributed by atoms with E-state index in [9.17, 15) is 19.5 Å². The van der Waals surface area contributed by atoms with Gasteiger partial charge in [-0.3, -0.25) is 0 Å². The minimum Gasteiger partial charge on any atom is -0.480 e. The predicted octanol–water partition coefficient (Wildman–Crippen LogP) is 3.57. The number of hydrogen-bond donors (Lipinski definition) is 2. The molecule has 1 aromatic rings. The summed E-state index contributed by atoms with van der Waals surface area (Å²) in [6.45, 7) is 9.79. The van der Waals surface area contributed by atoms with E-state index in [1.165, 1.54) is 0 Å². The van der Waals surface area contributed by atoms with Gasteiger partial charge in [-0.2, -0.15) is 0 Å². The normalized spacial score (nSPS) is 16.8. The lowest BCUT2D eigenvalue weighted by molar-refractivity contribution is -0.143. The minimum absolute atomic E-state index is 0.0342. The topological polar surface area (TPSA) is 105 Å². The van der Waals surface area contributed by atoms with Gasteiger partial charge >= 0.3 is 18.2 Å². The number of amides is 2. The number of hydrogen-bond acceptors (Lipinski definition) is 5. The van der Waals surface area contributed by atoms with Crippen molar-refractivity contribution in [3.05, 3.63) is 48.6 Å². The summed E-state index contributed by atoms with van der Waals surface area (Å²) in [5, 5.41) is 12.2. The number of piperidine rings is 1. The highest BCUT2D eigenvalue weighted by molar-refractivity contribution is 5.81. The van der Waals surface area contributed by atoms with Crippen molar-refractivity contribution in [2.24, 2.45) is 5.41 Å². The molecule has 8 nitrogen and oxygen atoms in total. The van der Waals surface area contributed by atoms with Crippen molar-refractivity contribution < 1.29 is 29.0 Å². The first-order valence-electron chi connectivity index (χ1n) is 9.88. The van der Waals surface area contributed by atoms with E-state index >= 15 is 0 Å². The van der Waals surface area contributed by atoms with Gasteiger partial charge < -0.3 is 24.8 Å². The molecule has 2 N–H and O–H groups in total. The Kier molecular flexibility index (Phi) is 7.48. The molecule has 1 fully saturated rings. The Morgan fingerprint density at radius 3 is 2.33 bits per heavy atom. The summed E-state index contributed by atoms with van der Waals surface area (Å²) in [7, 11) is 0. The van der Waals surface area contributed by atoms with E-state index in [-0.39, 0.29) is 6.61 Å². The van der Waals surface area contributed by atoms with Crippen molar-refractivity contribution in [1.29, 1.82) is 0 Å². The molecule has 0 aromatic heterocycles. The SMILES string of the molecule is C=CC1(C(NC(=O)OCc2ccccc2)C(=O)O)CCN(C(=O)OC(C)(C)C)CC1. The van der Waals surface area contributed by atoms with Crippen molar-refractivity contribution in [3.8, 4) is 0 Å². The summed E-state index contributed by atoms with van der Waals surface area (Å²) >= 11 is 0. The first-order chi connectivity index (χ1) is 14.1. The molecule has 1 aliphatic heterocycles. The average molecular weight is 418 g/mol. The third-order valence-corrected chi connectivity index (χ3v) is 5.05. The molecule has 0 spiro atoms. The number of carbonyl (C=O) groups is 3. The number of aliphatic carboxylic acids is 1. The number of carboxylic acid groups (broad SMARTS) is 1. The van der Waals surface area contributed by atoms with Crippen LogP contribution < -0.4 is 5.32 Å². The van der Waals surface area contributed by atoms with Crippen LogP contribution in [0.15, 0.2) is 43.0 Å². The maximum atomic E-state index is 12.3. The molecule has 0 aliphatic carbocycles. The molecule has 1 atom stereocenters. The van der Waals surface area contributed by atoms with Crippen LogP contribution in [0.25, 0.3) is 0 Å². The molecule has 1 unspecified atom stereocenters. The number of carbonyl (C=O) groups excluding carboxylic acids is 2. The van der Waals surface area contributed by atoms with E-state index in [2.05, 4.69) is 11.9 Å². The first-order valence-corrected chi connectivity index (χ1v) is 9.88. The number of ether oxygens (including phenoxy) is 2. The third-order valence-electron chi connectivity index (χ3n) is 5.05. The lowest BCUT2D eigenvalue weighted by Gasteiger charge is -2.43. The van der Waals surface area contributed by atoms with Crippen LogP contribution in [0, 0.1) is 5.41 Å². The van der Waals surface area contributed by atoms with Crippen molar-refractivity contribution in [1.82, 2.24) is 10.2 Å². The van der Waals surface area contributed by atoms with E-state index in [1.54, 1.807) is 43.9 Å². The summed E-state index contributed by atoms with van der Waals surface area (Å²) in [6, 6.07) is 7.88. The highest BCUT2D eigenvalue weighted by Crippen LogP contribution is 2.37. The van der Waals surface area contributed by atoms with E-state index in [4.69, 9.17) is 9.47 Å². The van der Waals surface area contributed by atoms with Gasteiger partial charge in [-0.25, -0.2) is 14.4 Å². The van der Waals surface area contributed by atoms with Crippen LogP contribution >= 0.6 is 0 Å². The number of benzene rings is 1. The monoisotopic (exact) mass is 418 g/mol. The predicted molar refractivity (Wildman–Crippen MR) is 111 cm³/mol. The van der Waals surface area contributed by atoms with Gasteiger partial charge in [-0.1, -0.05) is 36.4 Å². The highest BCUT2D eigenvalue weighted by atomic mass is 16.6. The van der Waals surface area contributed by atoms with Gasteiger partial charge in [0.25, 0.3) is 0 Å². The third kappa shape index (κ3) is 6.23. The van der Waals surface area contributed by atoms with Gasteiger partial charge in [-0.15, -0.1) is 6.58 Å². The molecule has 0 bridgehead atoms. The lowest BCUT2D eigenvalue weighted by Crippen LogP contribution is -2.56. The second kappa shape index (κ2) is 9.65. The number of nitrogens with one attached hydrogen (secondary N) is 1. The maximum absolute atomic E-state index is 12.3. The number of carboxylic acids is 1. The Balaban J connectivity index is 2.01. The Bertz CT molecular complexity index is 764. The zero-order valence-corrected chi connectivity index (χ0v) is 17.7. The molecule has 0 radical (unpaired) electrons. The van der Waals surface area contributed by atoms with Crippen LogP contribution in [-0.2, 0) is 20.9 Å². The van der Waals surface area contributed by atoms with Crippen LogP contribution in [0.1, 0.15) is 39.2 Å². The summed E-state index contributed by atoms with van der Waals surface area (Å²) in [6.07, 6.45) is 0.942. The summed E-state index contributed by atoms with van der Waals surface area (Å²) in [5.41, 5.74) is -0.725. The number of alkyl carbamates (subject to hydrolysis) is 1. The van der Waals surface area contributed by atoms with E-state index in [0.717, 1.165) is 5.56 Å². The van der Waals surface area contributed by atoms with Crippen LogP contribution in [0.5, 0.6) is 0 Å². The number of rotatable bonds is 6. The zero-order chi connectivity index (χ0) is 22.4. The molecular weight excluding hydrogens is 388 g/mol. The van der Waals surface area contributed by atoms with Gasteiger partial charge in [0.1, 0.15) is 18.2 Å². The van der Waals surface area contributed by atoms with Gasteiger partial charge in [0, 0.05) is 18.5 Å². The zero-order valence-electron chi connectivity index (χ0n) is 17.7. The van der Waals surface area contributed by atoms with Gasteiger partial charge in [-0.05, 0) is 39.2 Å². The van der Waals surface area contributed by atoms with Crippen LogP contribution in [-0.4, -0.2) is 52.9 Å². The standard InChI is InChI=1S/C22H30N2O6/c1-5-22(11-13-24(14-12-22)20(28)30-21(2,3)4)17(18(25)26)23-19(27)29-15-16-9-7-6-8-10-16/h5-10,17H,1,11-15H2,2-4H3,(H,23,27)(H,25,26). The Hall–Kier alpha value is -3.03. The van der Waals surface area contributed by atoms with E-state index in [0.29, 0.717) is 25.9 Å². The van der Waals surface area contributed by atoms with Gasteiger partial charge in [0.15, 0.2) is 0 Å². The van der Waals surface area contributed by atoms with Crippen molar-refractivity contribution in [3.63, 3.8) is 0 Å². The molecule has 2 rings (SSSR count). The molecule has 164 valence electrons. The van der Waals surface area contributed by atoms with E-state index < -0.39 is 35.2 Å². The lowest BCUT2D eigenvalue weighted by atomic mass is 9.72. The minimum atomic E-state index is -1.22. The number of likely N-dealkylation sites (tertiary alicyclic amines) is 1.